The first-order chi connectivity index (χ1) is 15.5. The van der Waals surface area contributed by atoms with E-state index in [2.05, 4.69) is 0 Å². The molecule has 0 fully saturated rings. The summed E-state index contributed by atoms with van der Waals surface area (Å²) in [6, 6.07) is 27.5. The van der Waals surface area contributed by atoms with E-state index < -0.39 is 11.5 Å². The monoisotopic (exact) mass is 441 g/mol. The highest BCUT2D eigenvalue weighted by Gasteiger charge is 2.50. The van der Waals surface area contributed by atoms with Gasteiger partial charge < -0.3 is 10.0 Å². The van der Waals surface area contributed by atoms with Gasteiger partial charge in [0.15, 0.2) is 11.4 Å². The molecule has 4 aromatic carbocycles. The zero-order valence-electron chi connectivity index (χ0n) is 17.2. The highest BCUT2D eigenvalue weighted by molar-refractivity contribution is 6.30. The molecule has 1 atom stereocenters. The van der Waals surface area contributed by atoms with Crippen LogP contribution in [0.1, 0.15) is 27.9 Å². The van der Waals surface area contributed by atoms with Crippen molar-refractivity contribution >= 4 is 39.8 Å². The van der Waals surface area contributed by atoms with E-state index in [1.54, 1.807) is 42.5 Å². The van der Waals surface area contributed by atoms with Gasteiger partial charge in [-0.25, -0.2) is 0 Å². The molecule has 0 saturated carbocycles. The molecule has 0 saturated heterocycles. The Hall–Kier alpha value is -3.47. The van der Waals surface area contributed by atoms with E-state index in [4.69, 9.17) is 11.6 Å². The summed E-state index contributed by atoms with van der Waals surface area (Å²) in [7, 11) is 0. The van der Waals surface area contributed by atoms with Crippen LogP contribution in [0.25, 0.3) is 10.8 Å². The van der Waals surface area contributed by atoms with Crippen LogP contribution in [-0.4, -0.2) is 16.8 Å². The Bertz CT molecular complexity index is 1370. The SMILES string of the molecule is O=C(C[C@@]1(O)C(=O)N(Cc2cccc(Cl)c2)c2ccccc21)c1ccc2ccccc2c1. The zero-order valence-corrected chi connectivity index (χ0v) is 17.9. The van der Waals surface area contributed by atoms with Crippen LogP contribution in [0.5, 0.6) is 0 Å². The summed E-state index contributed by atoms with van der Waals surface area (Å²) in [4.78, 5) is 28.1. The molecule has 0 bridgehead atoms. The van der Waals surface area contributed by atoms with Crippen molar-refractivity contribution in [3.63, 3.8) is 0 Å². The molecule has 0 radical (unpaired) electrons. The van der Waals surface area contributed by atoms with E-state index in [0.29, 0.717) is 21.8 Å². The molecule has 5 rings (SSSR count). The van der Waals surface area contributed by atoms with E-state index in [1.807, 2.05) is 48.5 Å². The molecule has 1 amide bonds. The van der Waals surface area contributed by atoms with Crippen molar-refractivity contribution in [3.8, 4) is 0 Å². The zero-order chi connectivity index (χ0) is 22.3. The summed E-state index contributed by atoms with van der Waals surface area (Å²) >= 11 is 6.10. The van der Waals surface area contributed by atoms with Crippen molar-refractivity contribution in [2.24, 2.45) is 0 Å². The Morgan fingerprint density at radius 3 is 2.44 bits per heavy atom. The van der Waals surface area contributed by atoms with Crippen LogP contribution < -0.4 is 4.90 Å². The number of halogens is 1. The number of rotatable bonds is 5. The Balaban J connectivity index is 1.48. The van der Waals surface area contributed by atoms with Gasteiger partial charge in [-0.2, -0.15) is 0 Å². The maximum absolute atomic E-state index is 13.4. The van der Waals surface area contributed by atoms with E-state index >= 15 is 0 Å². The van der Waals surface area contributed by atoms with E-state index in [-0.39, 0.29) is 18.7 Å². The van der Waals surface area contributed by atoms with Crippen molar-refractivity contribution < 1.29 is 14.7 Å². The predicted molar refractivity (Wildman–Crippen MR) is 126 cm³/mol. The highest BCUT2D eigenvalue weighted by atomic mass is 35.5. The Morgan fingerprint density at radius 2 is 1.62 bits per heavy atom. The maximum Gasteiger partial charge on any atom is 0.264 e. The average Bonchev–Trinajstić information content (AvgIpc) is 3.01. The minimum atomic E-state index is -1.92. The number of para-hydroxylation sites is 1. The third kappa shape index (κ3) is 3.48. The van der Waals surface area contributed by atoms with Gasteiger partial charge in [-0.05, 0) is 40.6 Å². The number of fused-ring (bicyclic) bond motifs is 2. The minimum Gasteiger partial charge on any atom is -0.375 e. The molecule has 32 heavy (non-hydrogen) atoms. The summed E-state index contributed by atoms with van der Waals surface area (Å²) in [5.74, 6) is -0.793. The van der Waals surface area contributed by atoms with Gasteiger partial charge in [0.1, 0.15) is 0 Å². The summed E-state index contributed by atoms with van der Waals surface area (Å²) < 4.78 is 0. The van der Waals surface area contributed by atoms with Crippen molar-refractivity contribution in [3.05, 3.63) is 113 Å². The van der Waals surface area contributed by atoms with Gasteiger partial charge >= 0.3 is 0 Å². The average molecular weight is 442 g/mol. The van der Waals surface area contributed by atoms with Gasteiger partial charge in [0.2, 0.25) is 0 Å². The largest absolute Gasteiger partial charge is 0.375 e. The number of amides is 1. The number of carbonyl (C=O) groups is 2. The number of anilines is 1. The first-order valence-electron chi connectivity index (χ1n) is 10.4. The normalized spacial score (nSPS) is 17.6. The third-order valence-electron chi connectivity index (χ3n) is 5.96. The molecule has 5 heteroatoms. The molecular formula is C27H20ClNO3. The van der Waals surface area contributed by atoms with Crippen LogP contribution in [-0.2, 0) is 16.9 Å². The molecule has 0 aromatic heterocycles. The lowest BCUT2D eigenvalue weighted by Crippen LogP contribution is -2.41. The van der Waals surface area contributed by atoms with Gasteiger partial charge in [0.25, 0.3) is 5.91 Å². The van der Waals surface area contributed by atoms with Crippen LogP contribution in [0.2, 0.25) is 5.02 Å². The fourth-order valence-electron chi connectivity index (χ4n) is 4.35. The quantitative estimate of drug-likeness (QED) is 0.416. The Morgan fingerprint density at radius 1 is 0.875 bits per heavy atom. The number of ketones is 1. The van der Waals surface area contributed by atoms with Gasteiger partial charge in [-0.1, -0.05) is 78.3 Å². The topological polar surface area (TPSA) is 57.6 Å². The molecular weight excluding hydrogens is 422 g/mol. The van der Waals surface area contributed by atoms with E-state index in [0.717, 1.165) is 16.3 Å². The molecule has 1 aliphatic heterocycles. The van der Waals surface area contributed by atoms with Crippen LogP contribution in [0, 0.1) is 0 Å². The van der Waals surface area contributed by atoms with Crippen LogP contribution in [0.15, 0.2) is 91.0 Å². The van der Waals surface area contributed by atoms with Crippen molar-refractivity contribution in [1.29, 1.82) is 0 Å². The number of hydrogen-bond acceptors (Lipinski definition) is 3. The predicted octanol–water partition coefficient (Wildman–Crippen LogP) is 5.50. The smallest absolute Gasteiger partial charge is 0.264 e. The maximum atomic E-state index is 13.4. The molecule has 1 heterocycles. The molecule has 1 aliphatic rings. The standard InChI is InChI=1S/C27H20ClNO3/c28-22-9-5-6-18(14-22)17-29-24-11-4-3-10-23(24)27(32,26(29)31)16-25(30)21-13-12-19-7-1-2-8-20(19)15-21/h1-15,32H,16-17H2/t27-/m0/s1. The summed E-state index contributed by atoms with van der Waals surface area (Å²) in [5, 5.41) is 14.1. The molecule has 1 N–H and O–H groups in total. The van der Waals surface area contributed by atoms with Gasteiger partial charge in [-0.15, -0.1) is 0 Å². The lowest BCUT2D eigenvalue weighted by molar-refractivity contribution is -0.136. The molecule has 0 unspecified atom stereocenters. The molecule has 158 valence electrons. The second kappa shape index (κ2) is 7.90. The molecule has 0 spiro atoms. The van der Waals surface area contributed by atoms with Crippen molar-refractivity contribution in [2.75, 3.05) is 4.90 Å². The molecule has 0 aliphatic carbocycles. The second-order valence-electron chi connectivity index (χ2n) is 8.06. The second-order valence-corrected chi connectivity index (χ2v) is 8.50. The van der Waals surface area contributed by atoms with Gasteiger partial charge in [-0.3, -0.25) is 9.59 Å². The fraction of sp³-hybridized carbons (Fsp3) is 0.111. The number of Topliss-reactive ketones (excluding diaryl/α,β-unsaturated/α-hetero) is 1. The summed E-state index contributed by atoms with van der Waals surface area (Å²) in [5.41, 5.74) is 0.437. The Kier molecular flexibility index (Phi) is 5.04. The molecule has 4 nitrogen and oxygen atoms in total. The third-order valence-corrected chi connectivity index (χ3v) is 6.19. The summed E-state index contributed by atoms with van der Waals surface area (Å²) in [6.07, 6.45) is -0.326. The van der Waals surface area contributed by atoms with Gasteiger partial charge in [0, 0.05) is 16.1 Å². The molecule has 4 aromatic rings. The highest BCUT2D eigenvalue weighted by Crippen LogP contribution is 2.43. The number of nitrogens with zero attached hydrogens (tertiary/aromatic N) is 1. The number of aliphatic hydroxyl groups is 1. The van der Waals surface area contributed by atoms with Crippen LogP contribution >= 0.6 is 11.6 Å². The number of carbonyl (C=O) groups excluding carboxylic acids is 2. The minimum absolute atomic E-state index is 0.253. The number of benzene rings is 4. The van der Waals surface area contributed by atoms with E-state index in [9.17, 15) is 14.7 Å². The van der Waals surface area contributed by atoms with Crippen LogP contribution in [0.3, 0.4) is 0 Å². The van der Waals surface area contributed by atoms with Crippen molar-refractivity contribution in [1.82, 2.24) is 0 Å². The lowest BCUT2D eigenvalue weighted by atomic mass is 9.88. The van der Waals surface area contributed by atoms with Crippen LogP contribution in [0.4, 0.5) is 5.69 Å². The van der Waals surface area contributed by atoms with Gasteiger partial charge in [0.05, 0.1) is 18.7 Å². The summed E-state index contributed by atoms with van der Waals surface area (Å²) in [6.45, 7) is 0.253. The van der Waals surface area contributed by atoms with Crippen molar-refractivity contribution in [2.45, 2.75) is 18.6 Å². The van der Waals surface area contributed by atoms with E-state index in [1.165, 1.54) is 4.90 Å². The lowest BCUT2D eigenvalue weighted by Gasteiger charge is -2.23. The fourth-order valence-corrected chi connectivity index (χ4v) is 4.56. The Labute approximate surface area is 190 Å². The first kappa shape index (κ1) is 20.4. The number of hydrogen-bond donors (Lipinski definition) is 1. The first-order valence-corrected chi connectivity index (χ1v) is 10.7.